The monoisotopic (exact) mass is 404 g/mol. The number of nitrogens with one attached hydrogen (secondary N) is 1. The number of rotatable bonds is 7. The normalized spacial score (nSPS) is 10.8. The minimum absolute atomic E-state index is 0.0487. The highest BCUT2D eigenvalue weighted by atomic mass is 32.2. The van der Waals surface area contributed by atoms with Crippen LogP contribution in [-0.4, -0.2) is 33.5 Å². The van der Waals surface area contributed by atoms with Gasteiger partial charge in [-0.15, -0.1) is 10.2 Å². The van der Waals surface area contributed by atoms with Crippen LogP contribution in [-0.2, 0) is 11.3 Å². The molecule has 146 valence electrons. The molecule has 29 heavy (non-hydrogen) atoms. The van der Waals surface area contributed by atoms with Gasteiger partial charge in [-0.2, -0.15) is 0 Å². The van der Waals surface area contributed by atoms with Crippen molar-refractivity contribution in [3.63, 3.8) is 0 Å². The van der Waals surface area contributed by atoms with Crippen LogP contribution in [0, 0.1) is 0 Å². The molecule has 0 bridgehead atoms. The van der Waals surface area contributed by atoms with Gasteiger partial charge in [-0.05, 0) is 46.7 Å². The van der Waals surface area contributed by atoms with Gasteiger partial charge >= 0.3 is 0 Å². The van der Waals surface area contributed by atoms with Crippen molar-refractivity contribution >= 4 is 28.4 Å². The molecule has 0 unspecified atom stereocenters. The minimum atomic E-state index is -0.0487. The Labute approximate surface area is 172 Å². The highest BCUT2D eigenvalue weighted by molar-refractivity contribution is 7.99. The van der Waals surface area contributed by atoms with Gasteiger partial charge in [-0.25, -0.2) is 0 Å². The molecule has 0 fully saturated rings. The Morgan fingerprint density at radius 2 is 1.86 bits per heavy atom. The van der Waals surface area contributed by atoms with Crippen molar-refractivity contribution in [1.29, 1.82) is 0 Å². The summed E-state index contributed by atoms with van der Waals surface area (Å²) in [6.07, 6.45) is 1.64. The third-order valence-electron chi connectivity index (χ3n) is 4.50. The quantitative estimate of drug-likeness (QED) is 0.474. The van der Waals surface area contributed by atoms with Gasteiger partial charge in [0.1, 0.15) is 12.1 Å². The topological polar surface area (TPSA) is 69.0 Å². The molecule has 1 aromatic heterocycles. The zero-order valence-electron chi connectivity index (χ0n) is 15.9. The summed E-state index contributed by atoms with van der Waals surface area (Å²) in [7, 11) is 1.63. The van der Waals surface area contributed by atoms with Crippen LogP contribution >= 0.6 is 11.8 Å². The fourth-order valence-corrected chi connectivity index (χ4v) is 3.73. The number of amides is 1. The van der Waals surface area contributed by atoms with Gasteiger partial charge in [0, 0.05) is 12.2 Å². The molecule has 0 aliphatic rings. The van der Waals surface area contributed by atoms with Crippen LogP contribution in [0.3, 0.4) is 0 Å². The van der Waals surface area contributed by atoms with Crippen LogP contribution in [0.15, 0.2) is 78.2 Å². The summed E-state index contributed by atoms with van der Waals surface area (Å²) in [5, 5.41) is 14.1. The fraction of sp³-hybridized carbons (Fsp3) is 0.136. The molecule has 1 heterocycles. The first-order valence-electron chi connectivity index (χ1n) is 9.14. The molecule has 4 aromatic rings. The fourth-order valence-electron chi connectivity index (χ4n) is 2.97. The molecule has 6 nitrogen and oxygen atoms in total. The number of benzene rings is 3. The van der Waals surface area contributed by atoms with Crippen LogP contribution in [0.4, 0.5) is 0 Å². The maximum atomic E-state index is 12.3. The average molecular weight is 404 g/mol. The molecule has 0 aliphatic carbocycles. The molecule has 1 N–H and O–H groups in total. The number of hydrogen-bond donors (Lipinski definition) is 1. The second-order valence-corrected chi connectivity index (χ2v) is 7.37. The molecule has 0 saturated carbocycles. The Kier molecular flexibility index (Phi) is 5.76. The second-order valence-electron chi connectivity index (χ2n) is 6.43. The summed E-state index contributed by atoms with van der Waals surface area (Å²) in [5.74, 6) is 0.999. The van der Waals surface area contributed by atoms with Crippen molar-refractivity contribution in [2.45, 2.75) is 11.7 Å². The van der Waals surface area contributed by atoms with E-state index in [-0.39, 0.29) is 11.7 Å². The first-order valence-corrected chi connectivity index (χ1v) is 10.1. The smallest absolute Gasteiger partial charge is 0.230 e. The van der Waals surface area contributed by atoms with Crippen LogP contribution in [0.5, 0.6) is 5.75 Å². The predicted octanol–water partition coefficient (Wildman–Crippen LogP) is 3.84. The van der Waals surface area contributed by atoms with Gasteiger partial charge in [0.25, 0.3) is 0 Å². The Morgan fingerprint density at radius 3 is 2.66 bits per heavy atom. The lowest BCUT2D eigenvalue weighted by Crippen LogP contribution is -2.24. The third kappa shape index (κ3) is 4.57. The molecule has 4 rings (SSSR count). The van der Waals surface area contributed by atoms with E-state index in [0.29, 0.717) is 11.7 Å². The van der Waals surface area contributed by atoms with Gasteiger partial charge in [0.15, 0.2) is 5.16 Å². The zero-order valence-corrected chi connectivity index (χ0v) is 16.7. The number of aromatic nitrogens is 3. The van der Waals surface area contributed by atoms with E-state index in [9.17, 15) is 4.79 Å². The number of nitrogens with zero attached hydrogens (tertiary/aromatic N) is 3. The van der Waals surface area contributed by atoms with E-state index in [1.54, 1.807) is 13.4 Å². The summed E-state index contributed by atoms with van der Waals surface area (Å²) in [6.45, 7) is 0.495. The molecule has 0 saturated heterocycles. The van der Waals surface area contributed by atoms with Crippen LogP contribution in [0.2, 0.25) is 0 Å². The number of hydrogen-bond acceptors (Lipinski definition) is 5. The molecule has 0 atom stereocenters. The Hall–Kier alpha value is -3.32. The number of methoxy groups -OCH3 is 1. The Bertz CT molecular complexity index is 1130. The zero-order chi connectivity index (χ0) is 20.1. The van der Waals surface area contributed by atoms with E-state index >= 15 is 0 Å². The average Bonchev–Trinajstić information content (AvgIpc) is 3.25. The lowest BCUT2D eigenvalue weighted by atomic mass is 10.1. The first-order chi connectivity index (χ1) is 14.2. The van der Waals surface area contributed by atoms with Gasteiger partial charge in [0.05, 0.1) is 12.9 Å². The predicted molar refractivity (Wildman–Crippen MR) is 114 cm³/mol. The Morgan fingerprint density at radius 1 is 1.07 bits per heavy atom. The van der Waals surface area contributed by atoms with Crippen LogP contribution in [0.1, 0.15) is 5.56 Å². The Balaban J connectivity index is 1.34. The van der Waals surface area contributed by atoms with Crippen molar-refractivity contribution in [3.05, 3.63) is 78.6 Å². The molecule has 1 amide bonds. The van der Waals surface area contributed by atoms with Crippen LogP contribution < -0.4 is 10.1 Å². The highest BCUT2D eigenvalue weighted by Crippen LogP contribution is 2.21. The SMILES string of the molecule is COc1ccc(-n2cnnc2SCC(=O)NCc2ccc3ccccc3c2)cc1. The highest BCUT2D eigenvalue weighted by Gasteiger charge is 2.10. The second kappa shape index (κ2) is 8.79. The van der Waals surface area contributed by atoms with Gasteiger partial charge in [-0.3, -0.25) is 9.36 Å². The lowest BCUT2D eigenvalue weighted by molar-refractivity contribution is -0.118. The summed E-state index contributed by atoms with van der Waals surface area (Å²) in [4.78, 5) is 12.3. The number of fused-ring (bicyclic) bond motifs is 1. The van der Waals surface area contributed by atoms with E-state index in [1.165, 1.54) is 22.5 Å². The molecule has 7 heteroatoms. The first kappa shape index (κ1) is 19.0. The van der Waals surface area contributed by atoms with E-state index < -0.39 is 0 Å². The number of carbonyl (C=O) groups is 1. The van der Waals surface area contributed by atoms with E-state index in [1.807, 2.05) is 47.0 Å². The van der Waals surface area contributed by atoms with Crippen molar-refractivity contribution in [2.75, 3.05) is 12.9 Å². The van der Waals surface area contributed by atoms with Gasteiger partial charge in [-0.1, -0.05) is 48.2 Å². The molecular formula is C22H20N4O2S. The molecular weight excluding hydrogens is 384 g/mol. The lowest BCUT2D eigenvalue weighted by Gasteiger charge is -2.08. The van der Waals surface area contributed by atoms with Crippen molar-refractivity contribution in [2.24, 2.45) is 0 Å². The van der Waals surface area contributed by atoms with E-state index in [0.717, 1.165) is 17.0 Å². The number of thioether (sulfide) groups is 1. The maximum Gasteiger partial charge on any atom is 0.230 e. The summed E-state index contributed by atoms with van der Waals surface area (Å²) >= 11 is 1.35. The van der Waals surface area contributed by atoms with Crippen molar-refractivity contribution < 1.29 is 9.53 Å². The molecule has 3 aromatic carbocycles. The summed E-state index contributed by atoms with van der Waals surface area (Å²) in [6, 6.07) is 22.0. The van der Waals surface area contributed by atoms with Gasteiger partial charge < -0.3 is 10.1 Å². The molecule has 0 radical (unpaired) electrons. The molecule has 0 aliphatic heterocycles. The summed E-state index contributed by atoms with van der Waals surface area (Å²) < 4.78 is 7.03. The van der Waals surface area contributed by atoms with E-state index in [2.05, 4.69) is 39.8 Å². The third-order valence-corrected chi connectivity index (χ3v) is 5.45. The standard InChI is InChI=1S/C22H20N4O2S/c1-28-20-10-8-19(9-11-20)26-15-24-25-22(26)29-14-21(27)23-13-16-6-7-17-4-2-3-5-18(17)12-16/h2-12,15H,13-14H2,1H3,(H,23,27). The van der Waals surface area contributed by atoms with E-state index in [4.69, 9.17) is 4.74 Å². The van der Waals surface area contributed by atoms with Crippen molar-refractivity contribution in [1.82, 2.24) is 20.1 Å². The largest absolute Gasteiger partial charge is 0.497 e. The maximum absolute atomic E-state index is 12.3. The number of ether oxygens (including phenoxy) is 1. The van der Waals surface area contributed by atoms with Crippen LogP contribution in [0.25, 0.3) is 16.5 Å². The minimum Gasteiger partial charge on any atom is -0.497 e. The van der Waals surface area contributed by atoms with Crippen molar-refractivity contribution in [3.8, 4) is 11.4 Å². The summed E-state index contributed by atoms with van der Waals surface area (Å²) in [5.41, 5.74) is 1.98. The number of carbonyl (C=O) groups excluding carboxylic acids is 1. The molecule has 0 spiro atoms. The van der Waals surface area contributed by atoms with Gasteiger partial charge in [0.2, 0.25) is 5.91 Å².